The molecule has 1 aliphatic rings. The van der Waals surface area contributed by atoms with Crippen LogP contribution in [0.1, 0.15) is 37.0 Å². The number of hydrogen-bond acceptors (Lipinski definition) is 3. The van der Waals surface area contributed by atoms with E-state index in [4.69, 9.17) is 9.47 Å². The fraction of sp³-hybridized carbons (Fsp3) is 0.310. The van der Waals surface area contributed by atoms with Gasteiger partial charge in [-0.2, -0.15) is 0 Å². The Bertz CT molecular complexity index is 1010. The second-order valence-corrected chi connectivity index (χ2v) is 8.20. The van der Waals surface area contributed by atoms with Gasteiger partial charge < -0.3 is 9.47 Å². The third kappa shape index (κ3) is 5.48. The van der Waals surface area contributed by atoms with Crippen LogP contribution < -0.4 is 4.74 Å². The number of nitrogens with zero attached hydrogens (tertiary/aromatic N) is 1. The van der Waals surface area contributed by atoms with Crippen LogP contribution in [-0.2, 0) is 11.2 Å². The first-order valence-corrected chi connectivity index (χ1v) is 11.7. The first-order valence-electron chi connectivity index (χ1n) is 11.7. The van der Waals surface area contributed by atoms with E-state index in [9.17, 15) is 0 Å². The zero-order valence-electron chi connectivity index (χ0n) is 19.2. The van der Waals surface area contributed by atoms with Gasteiger partial charge in [0.25, 0.3) is 0 Å². The minimum atomic E-state index is 0.00690. The Labute approximate surface area is 192 Å². The van der Waals surface area contributed by atoms with E-state index in [0.717, 1.165) is 44.9 Å². The molecule has 0 saturated carbocycles. The Morgan fingerprint density at radius 3 is 2.16 bits per heavy atom. The van der Waals surface area contributed by atoms with Crippen molar-refractivity contribution in [2.24, 2.45) is 0 Å². The Morgan fingerprint density at radius 2 is 1.47 bits per heavy atom. The summed E-state index contributed by atoms with van der Waals surface area (Å²) in [4.78, 5) is 2.34. The first kappa shape index (κ1) is 22.3. The van der Waals surface area contributed by atoms with Gasteiger partial charge >= 0.3 is 0 Å². The van der Waals surface area contributed by atoms with E-state index in [1.165, 1.54) is 27.8 Å². The quantitative estimate of drug-likeness (QED) is 0.393. The molecule has 0 N–H and O–H groups in total. The van der Waals surface area contributed by atoms with Gasteiger partial charge in [0, 0.05) is 18.7 Å². The summed E-state index contributed by atoms with van der Waals surface area (Å²) in [7, 11) is 0. The average molecular weight is 428 g/mol. The molecule has 166 valence electrons. The maximum atomic E-state index is 6.54. The molecule has 1 atom stereocenters. The van der Waals surface area contributed by atoms with Gasteiger partial charge in [-0.1, -0.05) is 85.8 Å². The van der Waals surface area contributed by atoms with Crippen LogP contribution in [0.4, 0.5) is 0 Å². The Balaban J connectivity index is 1.73. The molecule has 0 aliphatic carbocycles. The predicted molar refractivity (Wildman–Crippen MR) is 133 cm³/mol. The highest BCUT2D eigenvalue weighted by atomic mass is 16.5. The van der Waals surface area contributed by atoms with E-state index < -0.39 is 0 Å². The van der Waals surface area contributed by atoms with Crippen molar-refractivity contribution in [2.75, 3.05) is 26.3 Å². The molecular formula is C29H33NO2. The number of morpholine rings is 1. The van der Waals surface area contributed by atoms with Crippen LogP contribution in [0.25, 0.3) is 11.1 Å². The molecule has 1 unspecified atom stereocenters. The topological polar surface area (TPSA) is 21.7 Å². The summed E-state index contributed by atoms with van der Waals surface area (Å²) in [5.74, 6) is 0.949. The lowest BCUT2D eigenvalue weighted by Crippen LogP contribution is -2.44. The number of allylic oxidation sites excluding steroid dienone is 2. The minimum absolute atomic E-state index is 0.00690. The molecule has 1 fully saturated rings. The molecular weight excluding hydrogens is 394 g/mol. The summed E-state index contributed by atoms with van der Waals surface area (Å²) in [6, 6.07) is 30.0. The van der Waals surface area contributed by atoms with Crippen molar-refractivity contribution in [1.82, 2.24) is 4.90 Å². The van der Waals surface area contributed by atoms with E-state index in [1.807, 2.05) is 0 Å². The van der Waals surface area contributed by atoms with Crippen LogP contribution in [0.15, 0.2) is 84.9 Å². The van der Waals surface area contributed by atoms with Crippen molar-refractivity contribution < 1.29 is 9.47 Å². The predicted octanol–water partition coefficient (Wildman–Crippen LogP) is 6.31. The number of benzene rings is 3. The Hall–Kier alpha value is -2.88. The van der Waals surface area contributed by atoms with Crippen molar-refractivity contribution in [3.63, 3.8) is 0 Å². The lowest BCUT2D eigenvalue weighted by molar-refractivity contribution is -0.0374. The molecule has 0 radical (unpaired) electrons. The van der Waals surface area contributed by atoms with Gasteiger partial charge in [-0.3, -0.25) is 4.90 Å². The molecule has 1 saturated heterocycles. The van der Waals surface area contributed by atoms with Crippen molar-refractivity contribution in [3.05, 3.63) is 102 Å². The van der Waals surface area contributed by atoms with Gasteiger partial charge in [0.05, 0.1) is 13.2 Å². The number of ether oxygens (including phenoxy) is 2. The number of para-hydroxylation sites is 1. The van der Waals surface area contributed by atoms with Crippen LogP contribution >= 0.6 is 0 Å². The van der Waals surface area contributed by atoms with Crippen molar-refractivity contribution in [1.29, 1.82) is 0 Å². The fourth-order valence-corrected chi connectivity index (χ4v) is 4.41. The van der Waals surface area contributed by atoms with E-state index in [1.54, 1.807) is 0 Å². The SMILES string of the molecule is CCC(=C(Cc1ccccc1)c1ccccc1)c1ccccc1OC(C)N1CCOCC1. The highest BCUT2D eigenvalue weighted by Crippen LogP contribution is 2.36. The highest BCUT2D eigenvalue weighted by molar-refractivity contribution is 5.93. The van der Waals surface area contributed by atoms with Crippen LogP contribution in [0.2, 0.25) is 0 Å². The smallest absolute Gasteiger partial charge is 0.150 e. The summed E-state index contributed by atoms with van der Waals surface area (Å²) in [6.07, 6.45) is 1.83. The second kappa shape index (κ2) is 11.1. The normalized spacial score (nSPS) is 16.3. The lowest BCUT2D eigenvalue weighted by atomic mass is 9.88. The van der Waals surface area contributed by atoms with E-state index in [0.29, 0.717) is 0 Å². The lowest BCUT2D eigenvalue weighted by Gasteiger charge is -2.33. The molecule has 4 rings (SSSR count). The standard InChI is InChI=1S/C29H33NO2/c1-3-26(28(25-14-8-5-9-15-25)22-24-12-6-4-7-13-24)27-16-10-11-17-29(27)32-23(2)30-18-20-31-21-19-30/h4-17,23H,3,18-22H2,1-2H3. The largest absolute Gasteiger partial charge is 0.475 e. The monoisotopic (exact) mass is 427 g/mol. The molecule has 1 aliphatic heterocycles. The van der Waals surface area contributed by atoms with Crippen molar-refractivity contribution >= 4 is 11.1 Å². The summed E-state index contributed by atoms with van der Waals surface area (Å²) in [6.45, 7) is 7.73. The van der Waals surface area contributed by atoms with Crippen molar-refractivity contribution in [2.45, 2.75) is 32.9 Å². The van der Waals surface area contributed by atoms with Crippen molar-refractivity contribution in [3.8, 4) is 5.75 Å². The number of rotatable bonds is 8. The summed E-state index contributed by atoms with van der Waals surface area (Å²) in [5.41, 5.74) is 6.46. The summed E-state index contributed by atoms with van der Waals surface area (Å²) < 4.78 is 12.1. The van der Waals surface area contributed by atoms with E-state index in [2.05, 4.69) is 104 Å². The average Bonchev–Trinajstić information content (AvgIpc) is 2.86. The third-order valence-corrected chi connectivity index (χ3v) is 6.13. The molecule has 32 heavy (non-hydrogen) atoms. The molecule has 0 spiro atoms. The van der Waals surface area contributed by atoms with Crippen LogP contribution in [0, 0.1) is 0 Å². The molecule has 3 heteroatoms. The zero-order chi connectivity index (χ0) is 22.2. The molecule has 1 heterocycles. The molecule has 0 aromatic heterocycles. The number of hydrogen-bond donors (Lipinski definition) is 0. The molecule has 3 nitrogen and oxygen atoms in total. The molecule has 3 aromatic rings. The maximum absolute atomic E-state index is 6.54. The first-order chi connectivity index (χ1) is 15.8. The zero-order valence-corrected chi connectivity index (χ0v) is 19.2. The van der Waals surface area contributed by atoms with Gasteiger partial charge in [-0.25, -0.2) is 0 Å². The van der Waals surface area contributed by atoms with Gasteiger partial charge in [0.2, 0.25) is 0 Å². The van der Waals surface area contributed by atoms with Crippen LogP contribution in [-0.4, -0.2) is 37.4 Å². The van der Waals surface area contributed by atoms with Gasteiger partial charge in [-0.15, -0.1) is 0 Å². The van der Waals surface area contributed by atoms with Crippen LogP contribution in [0.5, 0.6) is 5.75 Å². The summed E-state index contributed by atoms with van der Waals surface area (Å²) in [5, 5.41) is 0. The minimum Gasteiger partial charge on any atom is -0.475 e. The third-order valence-electron chi connectivity index (χ3n) is 6.13. The summed E-state index contributed by atoms with van der Waals surface area (Å²) >= 11 is 0. The maximum Gasteiger partial charge on any atom is 0.150 e. The molecule has 3 aromatic carbocycles. The second-order valence-electron chi connectivity index (χ2n) is 8.20. The highest BCUT2D eigenvalue weighted by Gasteiger charge is 2.21. The Kier molecular flexibility index (Phi) is 7.76. The molecule has 0 bridgehead atoms. The Morgan fingerprint density at radius 1 is 0.844 bits per heavy atom. The van der Waals surface area contributed by atoms with Gasteiger partial charge in [0.1, 0.15) is 12.0 Å². The van der Waals surface area contributed by atoms with Gasteiger partial charge in [-0.05, 0) is 48.1 Å². The molecule has 0 amide bonds. The van der Waals surface area contributed by atoms with E-state index >= 15 is 0 Å². The van der Waals surface area contributed by atoms with Gasteiger partial charge in [0.15, 0.2) is 0 Å². The fourth-order valence-electron chi connectivity index (χ4n) is 4.41. The van der Waals surface area contributed by atoms with E-state index in [-0.39, 0.29) is 6.23 Å². The van der Waals surface area contributed by atoms with Crippen LogP contribution in [0.3, 0.4) is 0 Å².